The fourth-order valence-electron chi connectivity index (χ4n) is 2.70. The molecule has 6 nitrogen and oxygen atoms in total. The number of hydrogen-bond donors (Lipinski definition) is 3. The van der Waals surface area contributed by atoms with Crippen molar-refractivity contribution in [3.8, 4) is 0 Å². The molecule has 0 aliphatic heterocycles. The van der Waals surface area contributed by atoms with Crippen LogP contribution in [0.4, 0.5) is 4.79 Å². The van der Waals surface area contributed by atoms with E-state index >= 15 is 0 Å². The lowest BCUT2D eigenvalue weighted by molar-refractivity contribution is -0.139. The van der Waals surface area contributed by atoms with Crippen molar-refractivity contribution in [3.05, 3.63) is 0 Å². The molecular formula is C15H26N2O4. The SMILES string of the molecule is CC1CCC(NC(=O)NC(=O)CC(C)(C)CC(=O)O)CC1. The van der Waals surface area contributed by atoms with Crippen molar-refractivity contribution in [2.75, 3.05) is 0 Å². The number of nitrogens with one attached hydrogen (secondary N) is 2. The molecule has 1 rings (SSSR count). The first kappa shape index (κ1) is 17.5. The quantitative estimate of drug-likeness (QED) is 0.725. The second-order valence-electron chi connectivity index (χ2n) is 6.89. The van der Waals surface area contributed by atoms with E-state index in [-0.39, 0.29) is 18.9 Å². The van der Waals surface area contributed by atoms with Crippen molar-refractivity contribution < 1.29 is 19.5 Å². The topological polar surface area (TPSA) is 95.5 Å². The van der Waals surface area contributed by atoms with Gasteiger partial charge in [-0.25, -0.2) is 4.79 Å². The van der Waals surface area contributed by atoms with Crippen molar-refractivity contribution in [2.45, 2.75) is 65.3 Å². The number of rotatable bonds is 5. The van der Waals surface area contributed by atoms with Gasteiger partial charge in [-0.3, -0.25) is 14.9 Å². The van der Waals surface area contributed by atoms with Gasteiger partial charge < -0.3 is 10.4 Å². The maximum Gasteiger partial charge on any atom is 0.321 e. The summed E-state index contributed by atoms with van der Waals surface area (Å²) in [7, 11) is 0. The summed E-state index contributed by atoms with van der Waals surface area (Å²) in [6.07, 6.45) is 3.95. The van der Waals surface area contributed by atoms with Gasteiger partial charge >= 0.3 is 12.0 Å². The van der Waals surface area contributed by atoms with Crippen LogP contribution >= 0.6 is 0 Å². The summed E-state index contributed by atoms with van der Waals surface area (Å²) in [5.74, 6) is -0.693. The van der Waals surface area contributed by atoms with E-state index in [1.54, 1.807) is 13.8 Å². The zero-order valence-corrected chi connectivity index (χ0v) is 13.1. The van der Waals surface area contributed by atoms with E-state index in [9.17, 15) is 14.4 Å². The Labute approximate surface area is 125 Å². The molecule has 3 N–H and O–H groups in total. The first-order valence-corrected chi connectivity index (χ1v) is 7.50. The summed E-state index contributed by atoms with van der Waals surface area (Å²) >= 11 is 0. The number of carbonyl (C=O) groups is 3. The Morgan fingerprint density at radius 1 is 1.10 bits per heavy atom. The summed E-state index contributed by atoms with van der Waals surface area (Å²) in [4.78, 5) is 34.2. The molecule has 6 heteroatoms. The van der Waals surface area contributed by atoms with Crippen LogP contribution in [0, 0.1) is 11.3 Å². The number of imide groups is 1. The molecule has 1 aliphatic rings. The smallest absolute Gasteiger partial charge is 0.321 e. The highest BCUT2D eigenvalue weighted by molar-refractivity contribution is 5.94. The minimum atomic E-state index is -0.950. The van der Waals surface area contributed by atoms with Crippen molar-refractivity contribution in [1.82, 2.24) is 10.6 Å². The van der Waals surface area contributed by atoms with Gasteiger partial charge in [-0.2, -0.15) is 0 Å². The second-order valence-corrected chi connectivity index (χ2v) is 6.89. The summed E-state index contributed by atoms with van der Waals surface area (Å²) in [6, 6.07) is -0.355. The predicted molar refractivity (Wildman–Crippen MR) is 78.7 cm³/mol. The Bertz CT molecular complexity index is 398. The largest absolute Gasteiger partial charge is 0.481 e. The molecule has 1 aliphatic carbocycles. The first-order chi connectivity index (χ1) is 9.68. The number of hydrogen-bond acceptors (Lipinski definition) is 3. The normalized spacial score (nSPS) is 22.4. The molecule has 0 atom stereocenters. The van der Waals surface area contributed by atoms with Crippen molar-refractivity contribution in [1.29, 1.82) is 0 Å². The molecule has 0 saturated heterocycles. The maximum atomic E-state index is 11.8. The van der Waals surface area contributed by atoms with E-state index in [0.29, 0.717) is 5.92 Å². The van der Waals surface area contributed by atoms with Gasteiger partial charge in [-0.15, -0.1) is 0 Å². The Morgan fingerprint density at radius 3 is 2.19 bits per heavy atom. The van der Waals surface area contributed by atoms with Crippen molar-refractivity contribution in [2.24, 2.45) is 11.3 Å². The average Bonchev–Trinajstić information content (AvgIpc) is 2.28. The van der Waals surface area contributed by atoms with Crippen LogP contribution in [0.1, 0.15) is 59.3 Å². The van der Waals surface area contributed by atoms with Gasteiger partial charge in [0.2, 0.25) is 5.91 Å². The molecule has 21 heavy (non-hydrogen) atoms. The number of carboxylic acids is 1. The third kappa shape index (κ3) is 7.11. The Morgan fingerprint density at radius 2 is 1.67 bits per heavy atom. The van der Waals surface area contributed by atoms with Gasteiger partial charge in [0.1, 0.15) is 0 Å². The fraction of sp³-hybridized carbons (Fsp3) is 0.800. The second kappa shape index (κ2) is 7.43. The molecule has 0 aromatic rings. The Kier molecular flexibility index (Phi) is 6.18. The monoisotopic (exact) mass is 298 g/mol. The van der Waals surface area contributed by atoms with Crippen LogP contribution < -0.4 is 10.6 Å². The fourth-order valence-corrected chi connectivity index (χ4v) is 2.70. The zero-order chi connectivity index (χ0) is 16.0. The van der Waals surface area contributed by atoms with Gasteiger partial charge in [0.15, 0.2) is 0 Å². The minimum absolute atomic E-state index is 0.00835. The lowest BCUT2D eigenvalue weighted by atomic mass is 9.85. The molecular weight excluding hydrogens is 272 g/mol. The van der Waals surface area contributed by atoms with E-state index in [1.165, 1.54) is 0 Å². The average molecular weight is 298 g/mol. The van der Waals surface area contributed by atoms with Gasteiger partial charge in [0.05, 0.1) is 6.42 Å². The molecule has 1 fully saturated rings. The number of carbonyl (C=O) groups excluding carboxylic acids is 2. The molecule has 0 heterocycles. The highest BCUT2D eigenvalue weighted by atomic mass is 16.4. The maximum absolute atomic E-state index is 11.8. The standard InChI is InChI=1S/C15H26N2O4/c1-10-4-6-11(7-5-10)16-14(21)17-12(18)8-15(2,3)9-13(19)20/h10-11H,4-9H2,1-3H3,(H,19,20)(H2,16,17,18,21). The number of carboxylic acid groups (broad SMARTS) is 1. The minimum Gasteiger partial charge on any atom is -0.481 e. The number of urea groups is 1. The summed E-state index contributed by atoms with van der Waals surface area (Å²) in [6.45, 7) is 5.59. The lowest BCUT2D eigenvalue weighted by Gasteiger charge is -2.27. The van der Waals surface area contributed by atoms with Crippen molar-refractivity contribution in [3.63, 3.8) is 0 Å². The summed E-state index contributed by atoms with van der Waals surface area (Å²) < 4.78 is 0. The Balaban J connectivity index is 2.33. The van der Waals surface area contributed by atoms with Crippen molar-refractivity contribution >= 4 is 17.9 Å². The molecule has 0 bridgehead atoms. The van der Waals surface area contributed by atoms with Gasteiger partial charge in [0.25, 0.3) is 0 Å². The first-order valence-electron chi connectivity index (χ1n) is 7.50. The van der Waals surface area contributed by atoms with E-state index in [0.717, 1.165) is 25.7 Å². The van der Waals surface area contributed by atoms with Crippen LogP contribution in [0.3, 0.4) is 0 Å². The molecule has 0 unspecified atom stereocenters. The Hall–Kier alpha value is -1.59. The van der Waals surface area contributed by atoms with E-state index in [2.05, 4.69) is 17.6 Å². The third-order valence-electron chi connectivity index (χ3n) is 3.87. The van der Waals surface area contributed by atoms with Crippen LogP contribution in [0.25, 0.3) is 0 Å². The molecule has 0 spiro atoms. The predicted octanol–water partition coefficient (Wildman–Crippen LogP) is 2.28. The molecule has 0 aromatic carbocycles. The van der Waals surface area contributed by atoms with E-state index in [1.807, 2.05) is 0 Å². The summed E-state index contributed by atoms with van der Waals surface area (Å²) in [5.41, 5.74) is -0.670. The molecule has 0 aromatic heterocycles. The number of amides is 3. The molecule has 1 saturated carbocycles. The highest BCUT2D eigenvalue weighted by Crippen LogP contribution is 2.25. The lowest BCUT2D eigenvalue weighted by Crippen LogP contribution is -2.46. The molecule has 120 valence electrons. The van der Waals surface area contributed by atoms with Gasteiger partial charge in [-0.05, 0) is 37.0 Å². The zero-order valence-electron chi connectivity index (χ0n) is 13.1. The van der Waals surface area contributed by atoms with E-state index in [4.69, 9.17) is 5.11 Å². The third-order valence-corrected chi connectivity index (χ3v) is 3.87. The highest BCUT2D eigenvalue weighted by Gasteiger charge is 2.26. The van der Waals surface area contributed by atoms with Crippen LogP contribution in [-0.2, 0) is 9.59 Å². The van der Waals surface area contributed by atoms with E-state index < -0.39 is 23.3 Å². The van der Waals surface area contributed by atoms with Crippen LogP contribution in [0.15, 0.2) is 0 Å². The summed E-state index contributed by atoms with van der Waals surface area (Å²) in [5, 5.41) is 13.9. The van der Waals surface area contributed by atoms with Crippen LogP contribution in [0.5, 0.6) is 0 Å². The number of aliphatic carboxylic acids is 1. The van der Waals surface area contributed by atoms with Crippen LogP contribution in [-0.4, -0.2) is 29.1 Å². The molecule has 0 radical (unpaired) electrons. The van der Waals surface area contributed by atoms with Gasteiger partial charge in [-0.1, -0.05) is 20.8 Å². The van der Waals surface area contributed by atoms with Gasteiger partial charge in [0, 0.05) is 12.5 Å². The molecule has 3 amide bonds. The van der Waals surface area contributed by atoms with Crippen LogP contribution in [0.2, 0.25) is 0 Å².